The van der Waals surface area contributed by atoms with Gasteiger partial charge in [0.15, 0.2) is 0 Å². The molecule has 0 radical (unpaired) electrons. The second-order valence-electron chi connectivity index (χ2n) is 4.46. The van der Waals surface area contributed by atoms with Gasteiger partial charge in [0.2, 0.25) is 0 Å². The molecule has 2 heteroatoms. The minimum absolute atomic E-state index is 0.0565. The first-order valence-electron chi connectivity index (χ1n) is 6.03. The third kappa shape index (κ3) is 1.62. The van der Waals surface area contributed by atoms with E-state index in [0.717, 1.165) is 24.2 Å². The summed E-state index contributed by atoms with van der Waals surface area (Å²) in [5.41, 5.74) is 2.24. The van der Waals surface area contributed by atoms with E-state index in [0.29, 0.717) is 5.92 Å². The largest absolute Gasteiger partial charge is 0.425 e. The predicted molar refractivity (Wildman–Crippen MR) is 63.8 cm³/mol. The van der Waals surface area contributed by atoms with Crippen LogP contribution < -0.4 is 4.74 Å². The van der Waals surface area contributed by atoms with E-state index in [1.54, 1.807) is 0 Å². The number of para-hydroxylation sites is 1. The number of esters is 1. The Morgan fingerprint density at radius 1 is 1.38 bits per heavy atom. The fraction of sp³-hybridized carbons (Fsp3) is 0.500. The van der Waals surface area contributed by atoms with Crippen LogP contribution in [0.25, 0.3) is 0 Å². The molecule has 1 aliphatic rings. The van der Waals surface area contributed by atoms with Gasteiger partial charge in [-0.15, -0.1) is 0 Å². The van der Waals surface area contributed by atoms with Crippen molar-refractivity contribution in [3.05, 3.63) is 29.3 Å². The first kappa shape index (κ1) is 11.2. The minimum atomic E-state index is -0.0896. The van der Waals surface area contributed by atoms with Crippen LogP contribution in [0.5, 0.6) is 5.75 Å². The lowest BCUT2D eigenvalue weighted by atomic mass is 9.91. The molecule has 16 heavy (non-hydrogen) atoms. The number of fused-ring (bicyclic) bond motifs is 1. The minimum Gasteiger partial charge on any atom is -0.425 e. The quantitative estimate of drug-likeness (QED) is 0.572. The number of rotatable bonds is 3. The van der Waals surface area contributed by atoms with Gasteiger partial charge in [-0.3, -0.25) is 4.79 Å². The summed E-state index contributed by atoms with van der Waals surface area (Å²) >= 11 is 0. The van der Waals surface area contributed by atoms with E-state index in [1.165, 1.54) is 5.56 Å². The van der Waals surface area contributed by atoms with E-state index in [1.807, 2.05) is 19.1 Å². The molecule has 2 nitrogen and oxygen atoms in total. The van der Waals surface area contributed by atoms with Crippen LogP contribution in [0.3, 0.4) is 0 Å². The number of ether oxygens (including phenoxy) is 1. The van der Waals surface area contributed by atoms with Gasteiger partial charge in [0.05, 0.1) is 5.92 Å². The van der Waals surface area contributed by atoms with Gasteiger partial charge >= 0.3 is 5.97 Å². The van der Waals surface area contributed by atoms with Crippen molar-refractivity contribution in [1.82, 2.24) is 0 Å². The van der Waals surface area contributed by atoms with Crippen LogP contribution in [0.15, 0.2) is 18.2 Å². The second kappa shape index (κ2) is 4.28. The summed E-state index contributed by atoms with van der Waals surface area (Å²) in [5, 5.41) is 0. The van der Waals surface area contributed by atoms with Crippen molar-refractivity contribution in [2.24, 2.45) is 0 Å². The van der Waals surface area contributed by atoms with Crippen molar-refractivity contribution < 1.29 is 9.53 Å². The molecule has 2 atom stereocenters. The van der Waals surface area contributed by atoms with E-state index >= 15 is 0 Å². The van der Waals surface area contributed by atoms with E-state index in [9.17, 15) is 4.79 Å². The Kier molecular flexibility index (Phi) is 2.99. The number of hydrogen-bond acceptors (Lipinski definition) is 2. The standard InChI is InChI=1S/C14H18O2/c1-4-9(3)11-7-6-8-12-10(5-2)14(15)16-13(11)12/h6-10H,4-5H2,1-3H3/t9-,10+/m1/s1. The zero-order valence-electron chi connectivity index (χ0n) is 10.1. The highest BCUT2D eigenvalue weighted by molar-refractivity contribution is 5.86. The average Bonchev–Trinajstić information content (AvgIpc) is 2.63. The molecule has 0 saturated heterocycles. The van der Waals surface area contributed by atoms with Gasteiger partial charge in [0, 0.05) is 5.56 Å². The normalized spacial score (nSPS) is 20.4. The maximum Gasteiger partial charge on any atom is 0.318 e. The lowest BCUT2D eigenvalue weighted by Crippen LogP contribution is -2.08. The third-order valence-corrected chi connectivity index (χ3v) is 3.49. The van der Waals surface area contributed by atoms with Crippen molar-refractivity contribution in [2.75, 3.05) is 0 Å². The zero-order valence-corrected chi connectivity index (χ0v) is 10.1. The van der Waals surface area contributed by atoms with Gasteiger partial charge in [-0.2, -0.15) is 0 Å². The first-order chi connectivity index (χ1) is 7.69. The van der Waals surface area contributed by atoms with Gasteiger partial charge in [0.1, 0.15) is 5.75 Å². The maximum absolute atomic E-state index is 11.7. The molecule has 0 fully saturated rings. The molecule has 1 heterocycles. The summed E-state index contributed by atoms with van der Waals surface area (Å²) in [7, 11) is 0. The molecule has 0 N–H and O–H groups in total. The van der Waals surface area contributed by atoms with E-state index in [2.05, 4.69) is 19.9 Å². The fourth-order valence-electron chi connectivity index (χ4n) is 2.26. The van der Waals surface area contributed by atoms with Crippen molar-refractivity contribution in [2.45, 2.75) is 45.4 Å². The molecule has 0 unspecified atom stereocenters. The van der Waals surface area contributed by atoms with Gasteiger partial charge in [-0.25, -0.2) is 0 Å². The van der Waals surface area contributed by atoms with Gasteiger partial charge in [-0.1, -0.05) is 39.0 Å². The van der Waals surface area contributed by atoms with Crippen molar-refractivity contribution in [3.8, 4) is 5.75 Å². The molecule has 0 spiro atoms. The van der Waals surface area contributed by atoms with Crippen LogP contribution in [-0.2, 0) is 4.79 Å². The van der Waals surface area contributed by atoms with Crippen molar-refractivity contribution in [3.63, 3.8) is 0 Å². The maximum atomic E-state index is 11.7. The molecule has 0 aromatic heterocycles. The van der Waals surface area contributed by atoms with Crippen LogP contribution >= 0.6 is 0 Å². The number of carbonyl (C=O) groups excluding carboxylic acids is 1. The Hall–Kier alpha value is -1.31. The predicted octanol–water partition coefficient (Wildman–Crippen LogP) is 3.61. The Bertz CT molecular complexity index is 409. The lowest BCUT2D eigenvalue weighted by molar-refractivity contribution is -0.134. The lowest BCUT2D eigenvalue weighted by Gasteiger charge is -2.12. The molecular formula is C14H18O2. The zero-order chi connectivity index (χ0) is 11.7. The molecule has 86 valence electrons. The van der Waals surface area contributed by atoms with E-state index in [4.69, 9.17) is 4.74 Å². The SMILES string of the molecule is CC[C@@H](C)c1cccc2c1OC(=O)[C@H]2CC. The van der Waals surface area contributed by atoms with E-state index < -0.39 is 0 Å². The van der Waals surface area contributed by atoms with Crippen molar-refractivity contribution in [1.29, 1.82) is 0 Å². The molecule has 1 aromatic rings. The molecule has 0 saturated carbocycles. The monoisotopic (exact) mass is 218 g/mol. The highest BCUT2D eigenvalue weighted by Gasteiger charge is 2.33. The van der Waals surface area contributed by atoms with Crippen LogP contribution in [0.4, 0.5) is 0 Å². The van der Waals surface area contributed by atoms with Gasteiger partial charge < -0.3 is 4.74 Å². The molecule has 0 bridgehead atoms. The molecular weight excluding hydrogens is 200 g/mol. The Balaban J connectivity index is 2.47. The molecule has 1 aromatic carbocycles. The fourth-order valence-corrected chi connectivity index (χ4v) is 2.26. The topological polar surface area (TPSA) is 26.3 Å². The third-order valence-electron chi connectivity index (χ3n) is 3.49. The van der Waals surface area contributed by atoms with Crippen LogP contribution in [0.2, 0.25) is 0 Å². The van der Waals surface area contributed by atoms with Gasteiger partial charge in [-0.05, 0) is 24.3 Å². The first-order valence-corrected chi connectivity index (χ1v) is 6.03. The summed E-state index contributed by atoms with van der Waals surface area (Å²) < 4.78 is 5.43. The molecule has 1 aliphatic heterocycles. The van der Waals surface area contributed by atoms with E-state index in [-0.39, 0.29) is 11.9 Å². The van der Waals surface area contributed by atoms with Crippen LogP contribution in [-0.4, -0.2) is 5.97 Å². The Labute approximate surface area is 96.6 Å². The number of hydrogen-bond donors (Lipinski definition) is 0. The summed E-state index contributed by atoms with van der Waals surface area (Å²) in [4.78, 5) is 11.7. The molecule has 0 amide bonds. The number of benzene rings is 1. The Morgan fingerprint density at radius 2 is 2.12 bits per heavy atom. The number of carbonyl (C=O) groups is 1. The summed E-state index contributed by atoms with van der Waals surface area (Å²) in [6.45, 7) is 6.35. The van der Waals surface area contributed by atoms with Crippen LogP contribution in [0.1, 0.15) is 56.6 Å². The molecule has 2 rings (SSSR count). The molecule has 0 aliphatic carbocycles. The Morgan fingerprint density at radius 3 is 2.75 bits per heavy atom. The highest BCUT2D eigenvalue weighted by atomic mass is 16.5. The summed E-state index contributed by atoms with van der Waals surface area (Å²) in [5.74, 6) is 1.12. The second-order valence-corrected chi connectivity index (χ2v) is 4.46. The van der Waals surface area contributed by atoms with Gasteiger partial charge in [0.25, 0.3) is 0 Å². The van der Waals surface area contributed by atoms with Crippen molar-refractivity contribution >= 4 is 5.97 Å². The highest BCUT2D eigenvalue weighted by Crippen LogP contribution is 2.42. The summed E-state index contributed by atoms with van der Waals surface area (Å²) in [6.07, 6.45) is 1.88. The smallest absolute Gasteiger partial charge is 0.318 e. The van der Waals surface area contributed by atoms with Crippen LogP contribution in [0, 0.1) is 0 Å². The average molecular weight is 218 g/mol. The summed E-state index contributed by atoms with van der Waals surface area (Å²) in [6, 6.07) is 6.11.